The molecule has 0 saturated carbocycles. The van der Waals surface area contributed by atoms with Crippen LogP contribution < -0.4 is 4.90 Å². The fourth-order valence-corrected chi connectivity index (χ4v) is 12.5. The van der Waals surface area contributed by atoms with Crippen LogP contribution in [0, 0.1) is 0 Å². The third kappa shape index (κ3) is 4.82. The Morgan fingerprint density at radius 1 is 0.277 bits per heavy atom. The molecule has 1 nitrogen and oxygen atoms in total. The summed E-state index contributed by atoms with van der Waals surface area (Å²) in [6.07, 6.45) is 0. The van der Waals surface area contributed by atoms with Crippen LogP contribution in [0.1, 0.15) is 47.2 Å². The average Bonchev–Trinajstić information content (AvgIpc) is 3.92. The fourth-order valence-electron chi connectivity index (χ4n) is 12.5. The average molecular weight is 826 g/mol. The van der Waals surface area contributed by atoms with Crippen molar-refractivity contribution in [3.05, 3.63) is 258 Å². The van der Waals surface area contributed by atoms with Crippen LogP contribution in [0.3, 0.4) is 0 Å². The second-order valence-corrected chi connectivity index (χ2v) is 18.7. The molecule has 1 heteroatoms. The van der Waals surface area contributed by atoms with Gasteiger partial charge in [0.15, 0.2) is 0 Å². The molecule has 0 aromatic heterocycles. The first-order chi connectivity index (χ1) is 32.0. The third-order valence-corrected chi connectivity index (χ3v) is 15.2. The van der Waals surface area contributed by atoms with Gasteiger partial charge in [0.05, 0.1) is 11.1 Å². The van der Waals surface area contributed by atoms with E-state index in [1.807, 2.05) is 0 Å². The van der Waals surface area contributed by atoms with Crippen LogP contribution in [0.4, 0.5) is 17.1 Å². The molecule has 3 aliphatic carbocycles. The van der Waals surface area contributed by atoms with Gasteiger partial charge in [0, 0.05) is 22.4 Å². The maximum Gasteiger partial charge on any atom is 0.0725 e. The van der Waals surface area contributed by atoms with Crippen molar-refractivity contribution in [1.82, 2.24) is 0 Å². The van der Waals surface area contributed by atoms with Crippen molar-refractivity contribution < 1.29 is 0 Å². The molecule has 11 aromatic rings. The van der Waals surface area contributed by atoms with Crippen LogP contribution in [0.15, 0.2) is 224 Å². The summed E-state index contributed by atoms with van der Waals surface area (Å²) in [6.45, 7) is 4.79. The minimum atomic E-state index is -0.401. The van der Waals surface area contributed by atoms with Crippen LogP contribution in [-0.4, -0.2) is 0 Å². The monoisotopic (exact) mass is 825 g/mol. The molecular weight excluding hydrogens is 783 g/mol. The van der Waals surface area contributed by atoms with Crippen molar-refractivity contribution >= 4 is 49.4 Å². The number of hydrogen-bond acceptors (Lipinski definition) is 1. The molecule has 0 aliphatic heterocycles. The number of rotatable bonds is 4. The lowest BCUT2D eigenvalue weighted by Gasteiger charge is -2.32. The maximum absolute atomic E-state index is 2.53. The van der Waals surface area contributed by atoms with Crippen LogP contribution >= 0.6 is 0 Å². The van der Waals surface area contributed by atoms with Gasteiger partial charge in [0.2, 0.25) is 0 Å². The van der Waals surface area contributed by atoms with Gasteiger partial charge in [-0.3, -0.25) is 0 Å². The fraction of sp³-hybridized carbons (Fsp3) is 0.0625. The first kappa shape index (κ1) is 36.5. The molecule has 0 N–H and O–H groups in total. The Labute approximate surface area is 379 Å². The van der Waals surface area contributed by atoms with Gasteiger partial charge >= 0.3 is 0 Å². The summed E-state index contributed by atoms with van der Waals surface area (Å²) in [5, 5.41) is 7.68. The molecule has 0 atom stereocenters. The second kappa shape index (κ2) is 13.3. The van der Waals surface area contributed by atoms with E-state index in [-0.39, 0.29) is 5.41 Å². The summed E-state index contributed by atoms with van der Waals surface area (Å²) in [5.74, 6) is 0. The van der Waals surface area contributed by atoms with Crippen LogP contribution in [-0.2, 0) is 10.8 Å². The summed E-state index contributed by atoms with van der Waals surface area (Å²) >= 11 is 0. The zero-order valence-corrected chi connectivity index (χ0v) is 36.3. The Hall–Kier alpha value is -8.00. The van der Waals surface area contributed by atoms with Gasteiger partial charge in [0.1, 0.15) is 0 Å². The SMILES string of the molecule is CC1(C)c2ccccc2-c2cc(-c3ccc4c5ccccc5c5ccccc5c4c3)c(N(c3ccccc3)c3ccc4c(c3)-c3ccccc3C43c4ccccc4-c4ccccc43)cc21. The largest absolute Gasteiger partial charge is 0.310 e. The molecule has 3 aliphatic rings. The molecule has 11 aromatic carbocycles. The molecule has 14 rings (SSSR count). The number of nitrogens with zero attached hydrogens (tertiary/aromatic N) is 1. The Kier molecular flexibility index (Phi) is 7.45. The van der Waals surface area contributed by atoms with Crippen molar-refractivity contribution in [3.8, 4) is 44.5 Å². The zero-order valence-electron chi connectivity index (χ0n) is 36.3. The summed E-state index contributed by atoms with van der Waals surface area (Å²) in [5.41, 5.74) is 21.2. The molecule has 0 radical (unpaired) electrons. The van der Waals surface area contributed by atoms with Gasteiger partial charge in [-0.05, 0) is 147 Å². The van der Waals surface area contributed by atoms with Crippen molar-refractivity contribution in [1.29, 1.82) is 0 Å². The first-order valence-electron chi connectivity index (χ1n) is 22.9. The van der Waals surface area contributed by atoms with Gasteiger partial charge in [-0.1, -0.05) is 196 Å². The Balaban J connectivity index is 1.06. The lowest BCUT2D eigenvalue weighted by molar-refractivity contribution is 0.660. The van der Waals surface area contributed by atoms with Crippen LogP contribution in [0.25, 0.3) is 76.8 Å². The molecular formula is C64H43N. The Morgan fingerprint density at radius 2 is 0.723 bits per heavy atom. The highest BCUT2D eigenvalue weighted by Crippen LogP contribution is 2.63. The number of para-hydroxylation sites is 1. The summed E-state index contributed by atoms with van der Waals surface area (Å²) in [6, 6.07) is 84.6. The molecule has 0 bridgehead atoms. The Bertz CT molecular complexity index is 3730. The van der Waals surface area contributed by atoms with Crippen molar-refractivity contribution in [2.45, 2.75) is 24.7 Å². The molecule has 0 fully saturated rings. The van der Waals surface area contributed by atoms with Gasteiger partial charge in [-0.25, -0.2) is 0 Å². The molecule has 1 spiro atoms. The van der Waals surface area contributed by atoms with Gasteiger partial charge in [0.25, 0.3) is 0 Å². The number of benzene rings is 11. The quantitative estimate of drug-likeness (QED) is 0.160. The van der Waals surface area contributed by atoms with E-state index in [1.165, 1.54) is 110 Å². The maximum atomic E-state index is 2.53. The van der Waals surface area contributed by atoms with E-state index in [2.05, 4.69) is 243 Å². The smallest absolute Gasteiger partial charge is 0.0725 e. The number of fused-ring (bicyclic) bond motifs is 19. The lowest BCUT2D eigenvalue weighted by atomic mass is 9.70. The van der Waals surface area contributed by atoms with Crippen molar-refractivity contribution in [3.63, 3.8) is 0 Å². The summed E-state index contributed by atoms with van der Waals surface area (Å²) in [4.78, 5) is 2.53. The van der Waals surface area contributed by atoms with Crippen LogP contribution in [0.5, 0.6) is 0 Å². The molecule has 0 amide bonds. The van der Waals surface area contributed by atoms with Crippen LogP contribution in [0.2, 0.25) is 0 Å². The van der Waals surface area contributed by atoms with E-state index in [0.717, 1.165) is 17.1 Å². The molecule has 65 heavy (non-hydrogen) atoms. The topological polar surface area (TPSA) is 3.24 Å². The van der Waals surface area contributed by atoms with E-state index >= 15 is 0 Å². The predicted molar refractivity (Wildman–Crippen MR) is 273 cm³/mol. The van der Waals surface area contributed by atoms with Gasteiger partial charge < -0.3 is 4.90 Å². The Morgan fingerprint density at radius 3 is 1.32 bits per heavy atom. The van der Waals surface area contributed by atoms with E-state index in [9.17, 15) is 0 Å². The normalized spacial score (nSPS) is 14.2. The highest BCUT2D eigenvalue weighted by molar-refractivity contribution is 6.26. The molecule has 0 heterocycles. The molecule has 304 valence electrons. The zero-order chi connectivity index (χ0) is 43.0. The number of hydrogen-bond donors (Lipinski definition) is 0. The minimum Gasteiger partial charge on any atom is -0.310 e. The van der Waals surface area contributed by atoms with Gasteiger partial charge in [-0.2, -0.15) is 0 Å². The third-order valence-electron chi connectivity index (χ3n) is 15.2. The minimum absolute atomic E-state index is 0.188. The standard InChI is InChI=1S/C64H43N/c1-63(2)56-28-14-10-26-50(56)55-38-52(40-32-34-47-45-22-7-6-20-43(45)44-21-8-9-23-46(44)53(47)36-40)62(39-61(55)63)65(41-18-4-3-5-19-41)42-33-35-60-54(37-42)51-27-13-17-31-59(51)64(60)57-29-15-11-24-48(57)49-25-12-16-30-58(49)64/h3-39H,1-2H3. The molecule has 0 saturated heterocycles. The van der Waals surface area contributed by atoms with Crippen molar-refractivity contribution in [2.24, 2.45) is 0 Å². The first-order valence-corrected chi connectivity index (χ1v) is 22.9. The summed E-state index contributed by atoms with van der Waals surface area (Å²) < 4.78 is 0. The highest BCUT2D eigenvalue weighted by atomic mass is 15.1. The second-order valence-electron chi connectivity index (χ2n) is 18.7. The predicted octanol–water partition coefficient (Wildman–Crippen LogP) is 16.9. The number of anilines is 3. The van der Waals surface area contributed by atoms with E-state index in [1.54, 1.807) is 0 Å². The lowest BCUT2D eigenvalue weighted by Crippen LogP contribution is -2.25. The van der Waals surface area contributed by atoms with Gasteiger partial charge in [-0.15, -0.1) is 0 Å². The van der Waals surface area contributed by atoms with E-state index < -0.39 is 5.41 Å². The highest BCUT2D eigenvalue weighted by Gasteiger charge is 2.51. The molecule has 0 unspecified atom stereocenters. The van der Waals surface area contributed by atoms with E-state index in [0.29, 0.717) is 0 Å². The summed E-state index contributed by atoms with van der Waals surface area (Å²) in [7, 11) is 0. The van der Waals surface area contributed by atoms with E-state index in [4.69, 9.17) is 0 Å². The van der Waals surface area contributed by atoms with Crippen molar-refractivity contribution in [2.75, 3.05) is 4.90 Å².